The lowest BCUT2D eigenvalue weighted by atomic mass is 10.2. The number of ether oxygens (including phenoxy) is 2. The Morgan fingerprint density at radius 1 is 1.28 bits per heavy atom. The van der Waals surface area contributed by atoms with Crippen molar-refractivity contribution in [3.8, 4) is 5.75 Å². The fourth-order valence-corrected chi connectivity index (χ4v) is 1.32. The molecule has 4 heteroatoms. The van der Waals surface area contributed by atoms with E-state index in [1.54, 1.807) is 6.92 Å². The van der Waals surface area contributed by atoms with Gasteiger partial charge in [0.1, 0.15) is 5.75 Å². The van der Waals surface area contributed by atoms with Crippen LogP contribution in [0.5, 0.6) is 5.75 Å². The molecule has 0 unspecified atom stereocenters. The Morgan fingerprint density at radius 2 is 1.94 bits per heavy atom. The maximum absolute atomic E-state index is 11.1. The van der Waals surface area contributed by atoms with Gasteiger partial charge in [0, 0.05) is 6.54 Å². The van der Waals surface area contributed by atoms with Crippen molar-refractivity contribution >= 4 is 6.09 Å². The Morgan fingerprint density at radius 3 is 2.50 bits per heavy atom. The van der Waals surface area contributed by atoms with E-state index in [1.807, 2.05) is 24.3 Å². The Kier molecular flexibility index (Phi) is 6.05. The second-order valence-electron chi connectivity index (χ2n) is 4.42. The van der Waals surface area contributed by atoms with Gasteiger partial charge in [0.2, 0.25) is 0 Å². The SMILES string of the molecule is CCOC(=O)NCc1ccc(OCC(C)C)cc1. The molecule has 0 radical (unpaired) electrons. The summed E-state index contributed by atoms with van der Waals surface area (Å²) in [6.07, 6.45) is -0.391. The molecule has 1 rings (SSSR count). The molecule has 0 aliphatic heterocycles. The zero-order valence-electron chi connectivity index (χ0n) is 11.2. The van der Waals surface area contributed by atoms with Crippen molar-refractivity contribution in [2.45, 2.75) is 27.3 Å². The summed E-state index contributed by atoms with van der Waals surface area (Å²) < 4.78 is 10.4. The first-order valence-corrected chi connectivity index (χ1v) is 6.24. The zero-order valence-corrected chi connectivity index (χ0v) is 11.2. The Bertz CT molecular complexity index is 360. The van der Waals surface area contributed by atoms with E-state index in [4.69, 9.17) is 9.47 Å². The third-order valence-corrected chi connectivity index (χ3v) is 2.22. The summed E-state index contributed by atoms with van der Waals surface area (Å²) in [6, 6.07) is 7.68. The van der Waals surface area contributed by atoms with Crippen LogP contribution in [0, 0.1) is 5.92 Å². The number of nitrogens with one attached hydrogen (secondary N) is 1. The van der Waals surface area contributed by atoms with Crippen LogP contribution < -0.4 is 10.1 Å². The summed E-state index contributed by atoms with van der Waals surface area (Å²) >= 11 is 0. The van der Waals surface area contributed by atoms with Gasteiger partial charge in [-0.2, -0.15) is 0 Å². The summed E-state index contributed by atoms with van der Waals surface area (Å²) in [4.78, 5) is 11.1. The van der Waals surface area contributed by atoms with Crippen molar-refractivity contribution in [1.29, 1.82) is 0 Å². The molecule has 0 heterocycles. The van der Waals surface area contributed by atoms with E-state index in [0.29, 0.717) is 25.7 Å². The van der Waals surface area contributed by atoms with E-state index >= 15 is 0 Å². The summed E-state index contributed by atoms with van der Waals surface area (Å²) in [5.41, 5.74) is 1.01. The van der Waals surface area contributed by atoms with Crippen LogP contribution in [-0.4, -0.2) is 19.3 Å². The number of alkyl carbamates (subject to hydrolysis) is 1. The van der Waals surface area contributed by atoms with Gasteiger partial charge in [-0.25, -0.2) is 4.79 Å². The van der Waals surface area contributed by atoms with Gasteiger partial charge >= 0.3 is 6.09 Å². The Labute approximate surface area is 108 Å². The molecule has 0 aliphatic carbocycles. The van der Waals surface area contributed by atoms with Crippen LogP contribution in [0.4, 0.5) is 4.79 Å². The lowest BCUT2D eigenvalue weighted by Crippen LogP contribution is -2.23. The number of amides is 1. The van der Waals surface area contributed by atoms with Gasteiger partial charge in [0.05, 0.1) is 13.2 Å². The van der Waals surface area contributed by atoms with Crippen molar-refractivity contribution in [1.82, 2.24) is 5.32 Å². The summed E-state index contributed by atoms with van der Waals surface area (Å²) in [6.45, 7) is 7.55. The molecule has 0 saturated carbocycles. The highest BCUT2D eigenvalue weighted by Gasteiger charge is 2.01. The number of hydrogen-bond acceptors (Lipinski definition) is 3. The van der Waals surface area contributed by atoms with Crippen molar-refractivity contribution in [2.75, 3.05) is 13.2 Å². The first-order valence-electron chi connectivity index (χ1n) is 6.24. The highest BCUT2D eigenvalue weighted by Crippen LogP contribution is 2.13. The highest BCUT2D eigenvalue weighted by atomic mass is 16.5. The average Bonchev–Trinajstić information content (AvgIpc) is 2.35. The van der Waals surface area contributed by atoms with Crippen molar-refractivity contribution < 1.29 is 14.3 Å². The van der Waals surface area contributed by atoms with E-state index in [1.165, 1.54) is 0 Å². The Hall–Kier alpha value is -1.71. The molecular weight excluding hydrogens is 230 g/mol. The lowest BCUT2D eigenvalue weighted by Gasteiger charge is -2.09. The molecule has 1 aromatic rings. The summed E-state index contributed by atoms with van der Waals surface area (Å²) in [5.74, 6) is 1.36. The van der Waals surface area contributed by atoms with Crippen molar-refractivity contribution in [3.63, 3.8) is 0 Å². The maximum atomic E-state index is 11.1. The summed E-state index contributed by atoms with van der Waals surface area (Å²) in [7, 11) is 0. The van der Waals surface area contributed by atoms with Crippen molar-refractivity contribution in [2.24, 2.45) is 5.92 Å². The maximum Gasteiger partial charge on any atom is 0.407 e. The quantitative estimate of drug-likeness (QED) is 0.845. The predicted molar refractivity (Wildman–Crippen MR) is 70.6 cm³/mol. The minimum absolute atomic E-state index is 0.383. The third-order valence-electron chi connectivity index (χ3n) is 2.22. The van der Waals surface area contributed by atoms with Gasteiger partial charge in [0.15, 0.2) is 0 Å². The minimum atomic E-state index is -0.391. The number of carbonyl (C=O) groups excluding carboxylic acids is 1. The van der Waals surface area contributed by atoms with Crippen LogP contribution in [-0.2, 0) is 11.3 Å². The van der Waals surface area contributed by atoms with E-state index in [0.717, 1.165) is 11.3 Å². The number of carbonyl (C=O) groups is 1. The first kappa shape index (κ1) is 14.4. The average molecular weight is 251 g/mol. The van der Waals surface area contributed by atoms with Gasteiger partial charge in [-0.05, 0) is 30.5 Å². The predicted octanol–water partition coefficient (Wildman–Crippen LogP) is 2.97. The molecule has 18 heavy (non-hydrogen) atoms. The number of rotatable bonds is 6. The van der Waals surface area contributed by atoms with Gasteiger partial charge in [0.25, 0.3) is 0 Å². The molecule has 1 N–H and O–H groups in total. The van der Waals surface area contributed by atoms with Gasteiger partial charge in [-0.15, -0.1) is 0 Å². The minimum Gasteiger partial charge on any atom is -0.493 e. The first-order chi connectivity index (χ1) is 8.61. The molecule has 0 saturated heterocycles. The standard InChI is InChI=1S/C14H21NO3/c1-4-17-14(16)15-9-12-5-7-13(8-6-12)18-10-11(2)3/h5-8,11H,4,9-10H2,1-3H3,(H,15,16). The zero-order chi connectivity index (χ0) is 13.4. The van der Waals surface area contributed by atoms with E-state index in [-0.39, 0.29) is 0 Å². The lowest BCUT2D eigenvalue weighted by molar-refractivity contribution is 0.151. The summed E-state index contributed by atoms with van der Waals surface area (Å²) in [5, 5.41) is 2.67. The molecule has 1 amide bonds. The van der Waals surface area contributed by atoms with E-state index in [9.17, 15) is 4.79 Å². The van der Waals surface area contributed by atoms with Crippen LogP contribution in [0.15, 0.2) is 24.3 Å². The number of benzene rings is 1. The molecule has 100 valence electrons. The molecular formula is C14H21NO3. The van der Waals surface area contributed by atoms with Gasteiger partial charge in [-0.3, -0.25) is 0 Å². The fraction of sp³-hybridized carbons (Fsp3) is 0.500. The fourth-order valence-electron chi connectivity index (χ4n) is 1.32. The third kappa shape index (κ3) is 5.57. The molecule has 0 aromatic heterocycles. The normalized spacial score (nSPS) is 10.2. The van der Waals surface area contributed by atoms with Crippen LogP contribution in [0.25, 0.3) is 0 Å². The smallest absolute Gasteiger partial charge is 0.407 e. The van der Waals surface area contributed by atoms with Crippen LogP contribution in [0.3, 0.4) is 0 Å². The second kappa shape index (κ2) is 7.58. The van der Waals surface area contributed by atoms with Gasteiger partial charge < -0.3 is 14.8 Å². The second-order valence-corrected chi connectivity index (χ2v) is 4.42. The Balaban J connectivity index is 2.38. The molecule has 0 bridgehead atoms. The monoisotopic (exact) mass is 251 g/mol. The topological polar surface area (TPSA) is 47.6 Å². The number of hydrogen-bond donors (Lipinski definition) is 1. The van der Waals surface area contributed by atoms with Gasteiger partial charge in [-0.1, -0.05) is 26.0 Å². The highest BCUT2D eigenvalue weighted by molar-refractivity contribution is 5.67. The largest absolute Gasteiger partial charge is 0.493 e. The van der Waals surface area contributed by atoms with Crippen LogP contribution >= 0.6 is 0 Å². The molecule has 0 spiro atoms. The van der Waals surface area contributed by atoms with Crippen molar-refractivity contribution in [3.05, 3.63) is 29.8 Å². The molecule has 0 aliphatic rings. The van der Waals surface area contributed by atoms with E-state index < -0.39 is 6.09 Å². The van der Waals surface area contributed by atoms with E-state index in [2.05, 4.69) is 19.2 Å². The molecule has 0 atom stereocenters. The molecule has 0 fully saturated rings. The van der Waals surface area contributed by atoms with Crippen LogP contribution in [0.2, 0.25) is 0 Å². The van der Waals surface area contributed by atoms with Crippen LogP contribution in [0.1, 0.15) is 26.3 Å². The molecule has 1 aromatic carbocycles. The molecule has 4 nitrogen and oxygen atoms in total.